The zero-order valence-corrected chi connectivity index (χ0v) is 12.6. The first-order valence-corrected chi connectivity index (χ1v) is 7.11. The molecule has 0 fully saturated rings. The lowest BCUT2D eigenvalue weighted by molar-refractivity contribution is -0.123. The van der Waals surface area contributed by atoms with Crippen molar-refractivity contribution in [2.75, 3.05) is 13.7 Å². The average Bonchev–Trinajstić information content (AvgIpc) is 3.05. The van der Waals surface area contributed by atoms with Crippen molar-refractivity contribution in [3.8, 4) is 0 Å². The molecule has 0 bridgehead atoms. The molecule has 1 unspecified atom stereocenters. The van der Waals surface area contributed by atoms with Crippen LogP contribution in [0.25, 0.3) is 0 Å². The standard InChI is InChI=1S/C15H21N5O2/c1-22-14(7-16)6-15(21)18-8-12-2-4-13(5-3-12)9-20-11-17-10-19-20/h2-5,10-11,14H,6-9,16H2,1H3,(H,18,21). The number of rotatable bonds is 8. The molecule has 0 aliphatic heterocycles. The van der Waals surface area contributed by atoms with Crippen molar-refractivity contribution in [3.63, 3.8) is 0 Å². The molecular weight excluding hydrogens is 282 g/mol. The minimum absolute atomic E-state index is 0.0657. The number of ether oxygens (including phenoxy) is 1. The third kappa shape index (κ3) is 4.94. The fourth-order valence-electron chi connectivity index (χ4n) is 2.01. The van der Waals surface area contributed by atoms with Gasteiger partial charge in [-0.2, -0.15) is 5.10 Å². The van der Waals surface area contributed by atoms with Crippen molar-refractivity contribution in [2.24, 2.45) is 5.73 Å². The Balaban J connectivity index is 1.80. The van der Waals surface area contributed by atoms with Crippen molar-refractivity contribution in [3.05, 3.63) is 48.0 Å². The normalized spacial score (nSPS) is 12.1. The molecule has 1 aromatic carbocycles. The molecule has 1 amide bonds. The third-order valence-electron chi connectivity index (χ3n) is 3.33. The van der Waals surface area contributed by atoms with Crippen molar-refractivity contribution < 1.29 is 9.53 Å². The predicted octanol–water partition coefficient (Wildman–Crippen LogP) is 0.306. The summed E-state index contributed by atoms with van der Waals surface area (Å²) in [7, 11) is 1.55. The van der Waals surface area contributed by atoms with Gasteiger partial charge in [0, 0.05) is 20.2 Å². The second-order valence-electron chi connectivity index (χ2n) is 4.98. The first-order chi connectivity index (χ1) is 10.7. The number of hydrogen-bond acceptors (Lipinski definition) is 5. The van der Waals surface area contributed by atoms with Crippen LogP contribution in [-0.2, 0) is 22.6 Å². The minimum atomic E-state index is -0.231. The molecule has 0 saturated carbocycles. The second kappa shape index (κ2) is 8.26. The largest absolute Gasteiger partial charge is 0.380 e. The summed E-state index contributed by atoms with van der Waals surface area (Å²) in [6.45, 7) is 1.50. The lowest BCUT2D eigenvalue weighted by Gasteiger charge is -2.12. The number of aromatic nitrogens is 3. The highest BCUT2D eigenvalue weighted by molar-refractivity contribution is 5.76. The van der Waals surface area contributed by atoms with Gasteiger partial charge >= 0.3 is 0 Å². The van der Waals surface area contributed by atoms with E-state index in [1.165, 1.54) is 6.33 Å². The molecule has 2 aromatic rings. The minimum Gasteiger partial charge on any atom is -0.380 e. The summed E-state index contributed by atoms with van der Waals surface area (Å²) >= 11 is 0. The Kier molecular flexibility index (Phi) is 6.05. The molecule has 0 aliphatic carbocycles. The van der Waals surface area contributed by atoms with Crippen LogP contribution in [0.1, 0.15) is 17.5 Å². The summed E-state index contributed by atoms with van der Waals surface area (Å²) in [5, 5.41) is 6.92. The summed E-state index contributed by atoms with van der Waals surface area (Å²) < 4.78 is 6.85. The van der Waals surface area contributed by atoms with Crippen LogP contribution in [0.2, 0.25) is 0 Å². The molecule has 1 atom stereocenters. The highest BCUT2D eigenvalue weighted by atomic mass is 16.5. The highest BCUT2D eigenvalue weighted by Crippen LogP contribution is 2.06. The fraction of sp³-hybridized carbons (Fsp3) is 0.400. The lowest BCUT2D eigenvalue weighted by Crippen LogP contribution is -2.31. The maximum Gasteiger partial charge on any atom is 0.222 e. The topological polar surface area (TPSA) is 95.1 Å². The molecule has 0 aliphatic rings. The van der Waals surface area contributed by atoms with Crippen LogP contribution in [0.4, 0.5) is 0 Å². The van der Waals surface area contributed by atoms with E-state index in [2.05, 4.69) is 15.4 Å². The van der Waals surface area contributed by atoms with Crippen molar-refractivity contribution in [2.45, 2.75) is 25.6 Å². The molecule has 7 nitrogen and oxygen atoms in total. The number of benzene rings is 1. The Bertz CT molecular complexity index is 564. The van der Waals surface area contributed by atoms with E-state index in [1.54, 1.807) is 18.1 Å². The summed E-state index contributed by atoms with van der Waals surface area (Å²) in [6.07, 6.45) is 3.23. The van der Waals surface area contributed by atoms with Crippen LogP contribution in [0.15, 0.2) is 36.9 Å². The molecular formula is C15H21N5O2. The van der Waals surface area contributed by atoms with Gasteiger partial charge in [0.25, 0.3) is 0 Å². The van der Waals surface area contributed by atoms with E-state index < -0.39 is 0 Å². The van der Waals surface area contributed by atoms with E-state index in [0.29, 0.717) is 19.6 Å². The van der Waals surface area contributed by atoms with Crippen LogP contribution in [0, 0.1) is 0 Å². The van der Waals surface area contributed by atoms with Crippen LogP contribution >= 0.6 is 0 Å². The molecule has 1 heterocycles. The van der Waals surface area contributed by atoms with Crippen molar-refractivity contribution in [1.82, 2.24) is 20.1 Å². The van der Waals surface area contributed by atoms with E-state index in [4.69, 9.17) is 10.5 Å². The van der Waals surface area contributed by atoms with Gasteiger partial charge in [0.05, 0.1) is 19.1 Å². The number of methoxy groups -OCH3 is 1. The molecule has 2 rings (SSSR count). The number of carbonyl (C=O) groups excluding carboxylic acids is 1. The summed E-state index contributed by atoms with van der Waals surface area (Å²) in [5.41, 5.74) is 7.66. The van der Waals surface area contributed by atoms with Crippen LogP contribution in [0.3, 0.4) is 0 Å². The Morgan fingerprint density at radius 3 is 2.68 bits per heavy atom. The maximum absolute atomic E-state index is 11.8. The average molecular weight is 303 g/mol. The van der Waals surface area contributed by atoms with E-state index in [9.17, 15) is 4.79 Å². The van der Waals surface area contributed by atoms with Crippen molar-refractivity contribution in [1.29, 1.82) is 0 Å². The number of nitrogens with two attached hydrogens (primary N) is 1. The first kappa shape index (κ1) is 16.1. The monoisotopic (exact) mass is 303 g/mol. The zero-order valence-electron chi connectivity index (χ0n) is 12.6. The van der Waals surface area contributed by atoms with E-state index in [-0.39, 0.29) is 18.4 Å². The number of amides is 1. The Labute approximate surface area is 129 Å². The molecule has 1 aromatic heterocycles. The highest BCUT2D eigenvalue weighted by Gasteiger charge is 2.10. The Hall–Kier alpha value is -2.25. The molecule has 22 heavy (non-hydrogen) atoms. The van der Waals surface area contributed by atoms with Crippen LogP contribution < -0.4 is 11.1 Å². The molecule has 0 spiro atoms. The summed E-state index contributed by atoms with van der Waals surface area (Å²) in [5.74, 6) is -0.0657. The van der Waals surface area contributed by atoms with Gasteiger partial charge in [0.15, 0.2) is 0 Å². The maximum atomic E-state index is 11.8. The molecule has 118 valence electrons. The number of nitrogens with zero attached hydrogens (tertiary/aromatic N) is 3. The van der Waals surface area contributed by atoms with Gasteiger partial charge in [-0.25, -0.2) is 9.67 Å². The van der Waals surface area contributed by atoms with Gasteiger partial charge in [0.1, 0.15) is 12.7 Å². The van der Waals surface area contributed by atoms with E-state index in [0.717, 1.165) is 11.1 Å². The zero-order chi connectivity index (χ0) is 15.8. The lowest BCUT2D eigenvalue weighted by atomic mass is 10.1. The molecule has 0 saturated heterocycles. The van der Waals surface area contributed by atoms with Crippen molar-refractivity contribution >= 4 is 5.91 Å². The summed E-state index contributed by atoms with van der Waals surface area (Å²) in [6, 6.07) is 8.01. The Morgan fingerprint density at radius 2 is 2.09 bits per heavy atom. The third-order valence-corrected chi connectivity index (χ3v) is 3.33. The predicted molar refractivity (Wildman–Crippen MR) is 81.9 cm³/mol. The van der Waals surface area contributed by atoms with Gasteiger partial charge in [-0.3, -0.25) is 4.79 Å². The quantitative estimate of drug-likeness (QED) is 0.731. The van der Waals surface area contributed by atoms with Gasteiger partial charge in [0.2, 0.25) is 5.91 Å². The fourth-order valence-corrected chi connectivity index (χ4v) is 2.01. The van der Waals surface area contributed by atoms with Gasteiger partial charge in [-0.05, 0) is 11.1 Å². The van der Waals surface area contributed by atoms with Crippen LogP contribution in [0.5, 0.6) is 0 Å². The number of carbonyl (C=O) groups is 1. The second-order valence-corrected chi connectivity index (χ2v) is 4.98. The first-order valence-electron chi connectivity index (χ1n) is 7.11. The van der Waals surface area contributed by atoms with Crippen LogP contribution in [-0.4, -0.2) is 40.4 Å². The number of nitrogens with one attached hydrogen (secondary N) is 1. The van der Waals surface area contributed by atoms with E-state index in [1.807, 2.05) is 24.3 Å². The SMILES string of the molecule is COC(CN)CC(=O)NCc1ccc(Cn2cncn2)cc1. The van der Waals surface area contributed by atoms with Gasteiger partial charge < -0.3 is 15.8 Å². The summed E-state index contributed by atoms with van der Waals surface area (Å²) in [4.78, 5) is 15.7. The van der Waals surface area contributed by atoms with E-state index >= 15 is 0 Å². The Morgan fingerprint density at radius 1 is 1.36 bits per heavy atom. The number of hydrogen-bond donors (Lipinski definition) is 2. The van der Waals surface area contributed by atoms with Gasteiger partial charge in [-0.1, -0.05) is 24.3 Å². The smallest absolute Gasteiger partial charge is 0.222 e. The van der Waals surface area contributed by atoms with Gasteiger partial charge in [-0.15, -0.1) is 0 Å². The molecule has 7 heteroatoms. The molecule has 3 N–H and O–H groups in total. The molecule has 0 radical (unpaired) electrons.